The first-order chi connectivity index (χ1) is 16.0. The van der Waals surface area contributed by atoms with Crippen LogP contribution in [0, 0.1) is 11.3 Å². The summed E-state index contributed by atoms with van der Waals surface area (Å²) in [6.07, 6.45) is 3.83. The van der Waals surface area contributed by atoms with Gasteiger partial charge in [-0.15, -0.1) is 0 Å². The van der Waals surface area contributed by atoms with Crippen LogP contribution in [-0.4, -0.2) is 30.9 Å². The van der Waals surface area contributed by atoms with Crippen molar-refractivity contribution in [3.8, 4) is 5.75 Å². The smallest absolute Gasteiger partial charge is 0.166 e. The molecule has 4 heteroatoms. The van der Waals surface area contributed by atoms with Crippen molar-refractivity contribution in [2.45, 2.75) is 32.2 Å². The van der Waals surface area contributed by atoms with Crippen molar-refractivity contribution in [2.24, 2.45) is 11.3 Å². The van der Waals surface area contributed by atoms with Gasteiger partial charge in [0.1, 0.15) is 5.75 Å². The van der Waals surface area contributed by atoms with Gasteiger partial charge in [0.05, 0.1) is 7.11 Å². The molecule has 1 spiro atoms. The number of rotatable bonds is 5. The number of likely N-dealkylation sites (tertiary alicyclic amines) is 1. The standard InChI is InChI=1S/C29H30ClNO2/c1-33-26-12-8-21(9-13-26)16-24-17-29(15-14-23-4-2-3-5-27(23)28(24)32)19-31(20-29)18-22-6-10-25(30)11-7-22/h2-13,24H,14-20H2,1H3. The van der Waals surface area contributed by atoms with Crippen molar-refractivity contribution >= 4 is 17.4 Å². The lowest BCUT2D eigenvalue weighted by Gasteiger charge is -2.53. The van der Waals surface area contributed by atoms with Gasteiger partial charge in [-0.25, -0.2) is 0 Å². The van der Waals surface area contributed by atoms with Crippen LogP contribution in [0.4, 0.5) is 0 Å². The van der Waals surface area contributed by atoms with E-state index in [9.17, 15) is 4.79 Å². The summed E-state index contributed by atoms with van der Waals surface area (Å²) in [5, 5.41) is 0.775. The zero-order chi connectivity index (χ0) is 22.8. The first-order valence-corrected chi connectivity index (χ1v) is 12.1. The molecule has 5 rings (SSSR count). The molecule has 0 radical (unpaired) electrons. The minimum absolute atomic E-state index is 0.00229. The van der Waals surface area contributed by atoms with Gasteiger partial charge in [-0.3, -0.25) is 9.69 Å². The zero-order valence-electron chi connectivity index (χ0n) is 19.1. The number of ether oxygens (including phenoxy) is 1. The highest BCUT2D eigenvalue weighted by atomic mass is 35.5. The SMILES string of the molecule is COc1ccc(CC2CC3(CCc4ccccc4C2=O)CN(Cc2ccc(Cl)cc2)C3)cc1. The summed E-state index contributed by atoms with van der Waals surface area (Å²) in [5.74, 6) is 1.15. The Morgan fingerprint density at radius 3 is 2.39 bits per heavy atom. The van der Waals surface area contributed by atoms with Crippen molar-refractivity contribution < 1.29 is 9.53 Å². The van der Waals surface area contributed by atoms with Crippen LogP contribution >= 0.6 is 11.6 Å². The van der Waals surface area contributed by atoms with Gasteiger partial charge in [0.15, 0.2) is 5.78 Å². The molecular weight excluding hydrogens is 430 g/mol. The minimum Gasteiger partial charge on any atom is -0.497 e. The molecule has 0 aromatic heterocycles. The van der Waals surface area contributed by atoms with E-state index in [0.717, 1.165) is 61.7 Å². The number of aryl methyl sites for hydroxylation is 1. The predicted octanol–water partition coefficient (Wildman–Crippen LogP) is 6.23. The fraction of sp³-hybridized carbons (Fsp3) is 0.345. The molecule has 33 heavy (non-hydrogen) atoms. The van der Waals surface area contributed by atoms with Gasteiger partial charge in [-0.05, 0) is 72.1 Å². The number of carbonyl (C=O) groups excluding carboxylic acids is 1. The van der Waals surface area contributed by atoms with Crippen molar-refractivity contribution in [3.63, 3.8) is 0 Å². The van der Waals surface area contributed by atoms with Crippen molar-refractivity contribution in [3.05, 3.63) is 100 Å². The molecule has 0 N–H and O–H groups in total. The zero-order valence-corrected chi connectivity index (χ0v) is 19.9. The molecule has 2 aliphatic rings. The van der Waals surface area contributed by atoms with Crippen LogP contribution in [-0.2, 0) is 19.4 Å². The number of ketones is 1. The molecule has 0 saturated carbocycles. The minimum atomic E-state index is -0.00229. The highest BCUT2D eigenvalue weighted by Gasteiger charge is 2.46. The van der Waals surface area contributed by atoms with E-state index >= 15 is 0 Å². The summed E-state index contributed by atoms with van der Waals surface area (Å²) in [4.78, 5) is 16.2. The summed E-state index contributed by atoms with van der Waals surface area (Å²) in [5.41, 5.74) is 4.81. The highest BCUT2D eigenvalue weighted by Crippen LogP contribution is 2.44. The summed E-state index contributed by atoms with van der Waals surface area (Å²) in [6.45, 7) is 3.03. The Bertz CT molecular complexity index is 1120. The normalized spacial score (nSPS) is 19.9. The van der Waals surface area contributed by atoms with E-state index in [0.29, 0.717) is 5.78 Å². The second-order valence-electron chi connectivity index (χ2n) is 9.75. The van der Waals surface area contributed by atoms with Gasteiger partial charge in [0.2, 0.25) is 0 Å². The summed E-state index contributed by atoms with van der Waals surface area (Å²) >= 11 is 6.05. The first-order valence-electron chi connectivity index (χ1n) is 11.8. The van der Waals surface area contributed by atoms with Crippen LogP contribution < -0.4 is 4.74 Å². The molecule has 1 unspecified atom stereocenters. The largest absolute Gasteiger partial charge is 0.497 e. The summed E-state index contributed by atoms with van der Waals surface area (Å²) in [6, 6.07) is 24.5. The van der Waals surface area contributed by atoms with Crippen LogP contribution in [0.1, 0.15) is 39.9 Å². The lowest BCUT2D eigenvalue weighted by atomic mass is 9.65. The van der Waals surface area contributed by atoms with Crippen LogP contribution in [0.15, 0.2) is 72.8 Å². The van der Waals surface area contributed by atoms with E-state index in [2.05, 4.69) is 41.3 Å². The Morgan fingerprint density at radius 1 is 0.970 bits per heavy atom. The number of Topliss-reactive ketones (excluding diaryl/α,β-unsaturated/α-hetero) is 1. The van der Waals surface area contributed by atoms with E-state index in [1.165, 1.54) is 16.7 Å². The van der Waals surface area contributed by atoms with E-state index in [1.807, 2.05) is 36.4 Å². The molecule has 0 amide bonds. The second kappa shape index (κ2) is 9.32. The molecule has 1 atom stereocenters. The highest BCUT2D eigenvalue weighted by molar-refractivity contribution is 6.30. The number of methoxy groups -OCH3 is 1. The molecule has 1 fully saturated rings. The quantitative estimate of drug-likeness (QED) is 0.453. The van der Waals surface area contributed by atoms with Crippen molar-refractivity contribution in [2.75, 3.05) is 20.2 Å². The lowest BCUT2D eigenvalue weighted by Crippen LogP contribution is -2.57. The number of hydrogen-bond acceptors (Lipinski definition) is 3. The molecule has 3 aromatic rings. The Balaban J connectivity index is 1.36. The Morgan fingerprint density at radius 2 is 1.67 bits per heavy atom. The van der Waals surface area contributed by atoms with Crippen LogP contribution in [0.25, 0.3) is 0 Å². The van der Waals surface area contributed by atoms with Gasteiger partial charge in [-0.2, -0.15) is 0 Å². The Kier molecular flexibility index (Phi) is 6.27. The number of halogens is 1. The molecule has 0 bridgehead atoms. The van der Waals surface area contributed by atoms with Gasteiger partial charge in [0, 0.05) is 36.1 Å². The van der Waals surface area contributed by atoms with Gasteiger partial charge < -0.3 is 4.74 Å². The average molecular weight is 460 g/mol. The summed E-state index contributed by atoms with van der Waals surface area (Å²) in [7, 11) is 1.68. The fourth-order valence-corrected chi connectivity index (χ4v) is 5.80. The second-order valence-corrected chi connectivity index (χ2v) is 10.2. The van der Waals surface area contributed by atoms with Gasteiger partial charge >= 0.3 is 0 Å². The lowest BCUT2D eigenvalue weighted by molar-refractivity contribution is -0.0295. The van der Waals surface area contributed by atoms with Gasteiger partial charge in [0.25, 0.3) is 0 Å². The molecule has 1 aliphatic carbocycles. The maximum Gasteiger partial charge on any atom is 0.166 e. The third kappa shape index (κ3) is 4.85. The Labute approximate surface area is 201 Å². The van der Waals surface area contributed by atoms with Crippen LogP contribution in [0.5, 0.6) is 5.75 Å². The topological polar surface area (TPSA) is 29.5 Å². The molecule has 3 aromatic carbocycles. The molecule has 170 valence electrons. The van der Waals surface area contributed by atoms with Crippen molar-refractivity contribution in [1.82, 2.24) is 4.90 Å². The van der Waals surface area contributed by atoms with Crippen LogP contribution in [0.3, 0.4) is 0 Å². The number of nitrogens with zero attached hydrogens (tertiary/aromatic N) is 1. The third-order valence-electron chi connectivity index (χ3n) is 7.34. The maximum atomic E-state index is 13.7. The molecular formula is C29H30ClNO2. The van der Waals surface area contributed by atoms with E-state index < -0.39 is 0 Å². The monoisotopic (exact) mass is 459 g/mol. The Hall–Kier alpha value is -2.62. The first kappa shape index (κ1) is 22.2. The number of hydrogen-bond donors (Lipinski definition) is 0. The molecule has 1 saturated heterocycles. The molecule has 1 aliphatic heterocycles. The molecule has 3 nitrogen and oxygen atoms in total. The third-order valence-corrected chi connectivity index (χ3v) is 7.59. The number of carbonyl (C=O) groups is 1. The number of benzene rings is 3. The molecule has 1 heterocycles. The maximum absolute atomic E-state index is 13.7. The predicted molar refractivity (Wildman–Crippen MR) is 133 cm³/mol. The summed E-state index contributed by atoms with van der Waals surface area (Å²) < 4.78 is 5.31. The van der Waals surface area contributed by atoms with Crippen molar-refractivity contribution in [1.29, 1.82) is 0 Å². The average Bonchev–Trinajstić information content (AvgIpc) is 2.81. The van der Waals surface area contributed by atoms with Crippen LogP contribution in [0.2, 0.25) is 5.02 Å². The van der Waals surface area contributed by atoms with E-state index in [4.69, 9.17) is 16.3 Å². The number of fused-ring (bicyclic) bond motifs is 1. The van der Waals surface area contributed by atoms with E-state index in [1.54, 1.807) is 7.11 Å². The van der Waals surface area contributed by atoms with E-state index in [-0.39, 0.29) is 11.3 Å². The fourth-order valence-electron chi connectivity index (χ4n) is 5.68. The van der Waals surface area contributed by atoms with Gasteiger partial charge in [-0.1, -0.05) is 60.1 Å².